The molecular weight excluding hydrogens is 352 g/mol. The summed E-state index contributed by atoms with van der Waals surface area (Å²) in [6.07, 6.45) is 1.48. The largest absolute Gasteiger partial charge is 0.483 e. The third-order valence-electron chi connectivity index (χ3n) is 4.63. The molecule has 1 N–H and O–H groups in total. The average molecular weight is 381 g/mol. The van der Waals surface area contributed by atoms with Crippen LogP contribution in [0.3, 0.4) is 0 Å². The second-order valence-corrected chi connectivity index (χ2v) is 8.16. The molecule has 144 valence electrons. The molecule has 1 aliphatic heterocycles. The van der Waals surface area contributed by atoms with Gasteiger partial charge in [-0.15, -0.1) is 11.6 Å². The third-order valence-corrected chi connectivity index (χ3v) is 4.87. The van der Waals surface area contributed by atoms with E-state index in [0.29, 0.717) is 13.1 Å². The molecule has 0 atom stereocenters. The number of amides is 2. The molecule has 1 aromatic rings. The molecule has 0 spiro atoms. The molecule has 1 heterocycles. The first-order valence-electron chi connectivity index (χ1n) is 9.07. The molecule has 0 aromatic heterocycles. The van der Waals surface area contributed by atoms with Crippen LogP contribution in [0.5, 0.6) is 5.75 Å². The smallest absolute Gasteiger partial charge is 0.260 e. The highest BCUT2D eigenvalue weighted by molar-refractivity contribution is 6.27. The Labute approximate surface area is 161 Å². The quantitative estimate of drug-likeness (QED) is 0.799. The normalized spacial score (nSPS) is 15.7. The van der Waals surface area contributed by atoms with Crippen molar-refractivity contribution in [1.82, 2.24) is 10.2 Å². The van der Waals surface area contributed by atoms with Crippen molar-refractivity contribution in [3.63, 3.8) is 0 Å². The van der Waals surface area contributed by atoms with Crippen molar-refractivity contribution in [1.29, 1.82) is 0 Å². The van der Waals surface area contributed by atoms with E-state index in [0.717, 1.165) is 24.2 Å². The summed E-state index contributed by atoms with van der Waals surface area (Å²) in [4.78, 5) is 25.6. The molecular formula is C20H29ClN2O3. The van der Waals surface area contributed by atoms with Crippen LogP contribution in [0.1, 0.15) is 44.7 Å². The number of nitrogens with one attached hydrogen (secondary N) is 1. The molecule has 0 saturated carbocycles. The number of carbonyl (C=O) groups is 2. The van der Waals surface area contributed by atoms with Gasteiger partial charge in [-0.1, -0.05) is 38.5 Å². The number of benzene rings is 1. The first kappa shape index (κ1) is 20.6. The molecule has 1 aromatic carbocycles. The SMILES string of the molecule is Cc1ccc(OCC(=O)N2CCC(NC(=O)CCl)CC2)c(C(C)(C)C)c1. The van der Waals surface area contributed by atoms with Crippen molar-refractivity contribution >= 4 is 23.4 Å². The summed E-state index contributed by atoms with van der Waals surface area (Å²) in [6.45, 7) is 9.73. The minimum Gasteiger partial charge on any atom is -0.483 e. The lowest BCUT2D eigenvalue weighted by Crippen LogP contribution is -2.48. The zero-order valence-electron chi connectivity index (χ0n) is 16.1. The topological polar surface area (TPSA) is 58.6 Å². The summed E-state index contributed by atoms with van der Waals surface area (Å²) in [5, 5.41) is 2.88. The van der Waals surface area contributed by atoms with Gasteiger partial charge in [-0.05, 0) is 36.8 Å². The standard InChI is InChI=1S/C20H29ClN2O3/c1-14-5-6-17(16(11-14)20(2,3)4)26-13-19(25)23-9-7-15(8-10-23)22-18(24)12-21/h5-6,11,15H,7-10,12-13H2,1-4H3,(H,22,24). The molecule has 5 nitrogen and oxygen atoms in total. The highest BCUT2D eigenvalue weighted by Gasteiger charge is 2.25. The fourth-order valence-corrected chi connectivity index (χ4v) is 3.20. The van der Waals surface area contributed by atoms with Gasteiger partial charge in [0.15, 0.2) is 6.61 Å². The Hall–Kier alpha value is -1.75. The number of carbonyl (C=O) groups excluding carboxylic acids is 2. The second-order valence-electron chi connectivity index (χ2n) is 7.89. The summed E-state index contributed by atoms with van der Waals surface area (Å²) in [5.41, 5.74) is 2.23. The van der Waals surface area contributed by atoms with E-state index in [9.17, 15) is 9.59 Å². The third kappa shape index (κ3) is 5.63. The van der Waals surface area contributed by atoms with Gasteiger partial charge < -0.3 is 15.0 Å². The van der Waals surface area contributed by atoms with Crippen molar-refractivity contribution in [2.75, 3.05) is 25.6 Å². The fourth-order valence-electron chi connectivity index (χ4n) is 3.13. The lowest BCUT2D eigenvalue weighted by Gasteiger charge is -2.32. The number of ether oxygens (including phenoxy) is 1. The lowest BCUT2D eigenvalue weighted by molar-refractivity contribution is -0.134. The van der Waals surface area contributed by atoms with E-state index in [2.05, 4.69) is 39.1 Å². The number of halogens is 1. The minimum absolute atomic E-state index is 0.0208. The van der Waals surface area contributed by atoms with Crippen molar-refractivity contribution in [3.8, 4) is 5.75 Å². The molecule has 0 unspecified atom stereocenters. The van der Waals surface area contributed by atoms with Gasteiger partial charge in [0, 0.05) is 19.1 Å². The maximum atomic E-state index is 12.5. The van der Waals surface area contributed by atoms with Crippen molar-refractivity contribution in [2.24, 2.45) is 0 Å². The van der Waals surface area contributed by atoms with E-state index in [4.69, 9.17) is 16.3 Å². The lowest BCUT2D eigenvalue weighted by atomic mass is 9.85. The van der Waals surface area contributed by atoms with Crippen molar-refractivity contribution in [3.05, 3.63) is 29.3 Å². The molecule has 0 bridgehead atoms. The van der Waals surface area contributed by atoms with E-state index < -0.39 is 0 Å². The Kier molecular flexibility index (Phi) is 6.93. The number of nitrogens with zero attached hydrogens (tertiary/aromatic N) is 1. The maximum Gasteiger partial charge on any atom is 0.260 e. The molecule has 1 fully saturated rings. The van der Waals surface area contributed by atoms with E-state index in [1.54, 1.807) is 4.90 Å². The van der Waals surface area contributed by atoms with Gasteiger partial charge in [0.1, 0.15) is 11.6 Å². The maximum absolute atomic E-state index is 12.5. The van der Waals surface area contributed by atoms with Crippen molar-refractivity contribution < 1.29 is 14.3 Å². The molecule has 0 radical (unpaired) electrons. The number of rotatable bonds is 5. The van der Waals surface area contributed by atoms with E-state index in [1.807, 2.05) is 12.1 Å². The Morgan fingerprint density at radius 2 is 1.92 bits per heavy atom. The monoisotopic (exact) mass is 380 g/mol. The Morgan fingerprint density at radius 1 is 1.27 bits per heavy atom. The number of hydrogen-bond acceptors (Lipinski definition) is 3. The van der Waals surface area contributed by atoms with Gasteiger partial charge in [-0.25, -0.2) is 0 Å². The number of hydrogen-bond donors (Lipinski definition) is 1. The van der Waals surface area contributed by atoms with E-state index in [-0.39, 0.29) is 35.8 Å². The summed E-state index contributed by atoms with van der Waals surface area (Å²) in [7, 11) is 0. The van der Waals surface area contributed by atoms with Crippen LogP contribution in [-0.4, -0.2) is 48.3 Å². The zero-order valence-corrected chi connectivity index (χ0v) is 16.9. The molecule has 0 aliphatic carbocycles. The molecule has 1 aliphatic rings. The minimum atomic E-state index is -0.158. The van der Waals surface area contributed by atoms with Crippen LogP contribution in [0, 0.1) is 6.92 Å². The predicted octanol–water partition coefficient (Wildman–Crippen LogP) is 3.02. The first-order valence-corrected chi connectivity index (χ1v) is 9.61. The molecule has 2 rings (SSSR count). The Morgan fingerprint density at radius 3 is 2.50 bits per heavy atom. The highest BCUT2D eigenvalue weighted by Crippen LogP contribution is 2.32. The predicted molar refractivity (Wildman–Crippen MR) is 104 cm³/mol. The van der Waals surface area contributed by atoms with Gasteiger partial charge in [-0.2, -0.15) is 0 Å². The van der Waals surface area contributed by atoms with Gasteiger partial charge in [0.2, 0.25) is 5.91 Å². The molecule has 26 heavy (non-hydrogen) atoms. The van der Waals surface area contributed by atoms with Crippen molar-refractivity contribution in [2.45, 2.75) is 52.0 Å². The van der Waals surface area contributed by atoms with Gasteiger partial charge >= 0.3 is 0 Å². The van der Waals surface area contributed by atoms with Gasteiger partial charge in [0.25, 0.3) is 5.91 Å². The summed E-state index contributed by atoms with van der Waals surface area (Å²) in [6, 6.07) is 6.15. The summed E-state index contributed by atoms with van der Waals surface area (Å²) < 4.78 is 5.86. The number of aryl methyl sites for hydroxylation is 1. The fraction of sp³-hybridized carbons (Fsp3) is 0.600. The average Bonchev–Trinajstić information content (AvgIpc) is 2.60. The zero-order chi connectivity index (χ0) is 19.3. The van der Waals surface area contributed by atoms with E-state index in [1.165, 1.54) is 5.56 Å². The second kappa shape index (κ2) is 8.76. The van der Waals surface area contributed by atoms with Crippen LogP contribution in [0.15, 0.2) is 18.2 Å². The van der Waals surface area contributed by atoms with Crippen LogP contribution in [0.4, 0.5) is 0 Å². The Bertz CT molecular complexity index is 647. The van der Waals surface area contributed by atoms with Crippen LogP contribution in [0.25, 0.3) is 0 Å². The first-order chi connectivity index (χ1) is 12.2. The number of alkyl halides is 1. The Balaban J connectivity index is 1.89. The van der Waals surface area contributed by atoms with Crippen LogP contribution >= 0.6 is 11.6 Å². The van der Waals surface area contributed by atoms with Crippen LogP contribution < -0.4 is 10.1 Å². The van der Waals surface area contributed by atoms with Crippen LogP contribution in [0.2, 0.25) is 0 Å². The molecule has 6 heteroatoms. The molecule has 2 amide bonds. The number of piperidine rings is 1. The van der Waals surface area contributed by atoms with Gasteiger partial charge in [0.05, 0.1) is 0 Å². The van der Waals surface area contributed by atoms with Gasteiger partial charge in [-0.3, -0.25) is 9.59 Å². The van der Waals surface area contributed by atoms with E-state index >= 15 is 0 Å². The molecule has 1 saturated heterocycles. The van der Waals surface area contributed by atoms with Crippen LogP contribution in [-0.2, 0) is 15.0 Å². The summed E-state index contributed by atoms with van der Waals surface area (Å²) in [5.74, 6) is 0.557. The summed E-state index contributed by atoms with van der Waals surface area (Å²) >= 11 is 5.51. The highest BCUT2D eigenvalue weighted by atomic mass is 35.5. The number of likely N-dealkylation sites (tertiary alicyclic amines) is 1.